The van der Waals surface area contributed by atoms with E-state index in [9.17, 15) is 15.3 Å². The Bertz CT molecular complexity index is 801. The van der Waals surface area contributed by atoms with Crippen molar-refractivity contribution in [2.45, 2.75) is 110 Å². The van der Waals surface area contributed by atoms with Crippen LogP contribution in [0.15, 0.2) is 47.6 Å². The SMILES string of the molecule is C=C1/C(=C\C=C2/C=CC[C@]3(C)[C@@H]([C@H](C)CCCC(C)(C)O)CC[C@@H]23)C[C@@H](O)[C@H](OCCC)[C@@H]1O. The second-order valence-electron chi connectivity index (χ2n) is 12.0. The topological polar surface area (TPSA) is 69.9 Å². The number of aliphatic hydroxyl groups is 3. The van der Waals surface area contributed by atoms with E-state index in [1.165, 1.54) is 24.8 Å². The van der Waals surface area contributed by atoms with Gasteiger partial charge in [0.05, 0.1) is 11.7 Å². The van der Waals surface area contributed by atoms with Gasteiger partial charge in [-0.3, -0.25) is 0 Å². The first-order chi connectivity index (χ1) is 16.0. The third-order valence-corrected chi connectivity index (χ3v) is 8.70. The van der Waals surface area contributed by atoms with Gasteiger partial charge in [-0.15, -0.1) is 0 Å². The summed E-state index contributed by atoms with van der Waals surface area (Å²) in [6.07, 6.45) is 14.7. The molecule has 192 valence electrons. The molecule has 0 aromatic rings. The Kier molecular flexibility index (Phi) is 9.06. The fourth-order valence-corrected chi connectivity index (χ4v) is 6.73. The number of rotatable bonds is 9. The molecule has 0 spiro atoms. The first-order valence-electron chi connectivity index (χ1n) is 13.4. The summed E-state index contributed by atoms with van der Waals surface area (Å²) in [5, 5.41) is 31.3. The van der Waals surface area contributed by atoms with Gasteiger partial charge in [-0.2, -0.15) is 0 Å². The van der Waals surface area contributed by atoms with Crippen LogP contribution < -0.4 is 0 Å². The maximum absolute atomic E-state index is 10.7. The van der Waals surface area contributed by atoms with Crippen molar-refractivity contribution in [3.8, 4) is 0 Å². The lowest BCUT2D eigenvalue weighted by Crippen LogP contribution is -2.45. The number of hydrogen-bond donors (Lipinski definition) is 3. The molecule has 0 radical (unpaired) electrons. The molecule has 0 unspecified atom stereocenters. The van der Waals surface area contributed by atoms with Crippen molar-refractivity contribution in [2.24, 2.45) is 23.2 Å². The second-order valence-corrected chi connectivity index (χ2v) is 12.0. The zero-order valence-corrected chi connectivity index (χ0v) is 22.1. The highest BCUT2D eigenvalue weighted by molar-refractivity contribution is 5.42. The number of fused-ring (bicyclic) bond motifs is 1. The molecule has 2 fully saturated rings. The van der Waals surface area contributed by atoms with Crippen LogP contribution in [0.3, 0.4) is 0 Å². The molecule has 0 aliphatic heterocycles. The summed E-state index contributed by atoms with van der Waals surface area (Å²) < 4.78 is 5.69. The van der Waals surface area contributed by atoms with E-state index in [1.54, 1.807) is 0 Å². The Morgan fingerprint density at radius 3 is 2.68 bits per heavy atom. The summed E-state index contributed by atoms with van der Waals surface area (Å²) in [5.74, 6) is 1.86. The monoisotopic (exact) mass is 472 g/mol. The number of aliphatic hydroxyl groups excluding tert-OH is 2. The Balaban J connectivity index is 1.70. The molecule has 4 heteroatoms. The molecule has 0 aromatic heterocycles. The van der Waals surface area contributed by atoms with Crippen molar-refractivity contribution >= 4 is 0 Å². The molecule has 7 atom stereocenters. The van der Waals surface area contributed by atoms with Gasteiger partial charge in [0.15, 0.2) is 0 Å². The predicted molar refractivity (Wildman–Crippen MR) is 139 cm³/mol. The Labute approximate surface area is 207 Å². The van der Waals surface area contributed by atoms with Crippen molar-refractivity contribution in [1.82, 2.24) is 0 Å². The second kappa shape index (κ2) is 11.2. The minimum atomic E-state index is -0.868. The van der Waals surface area contributed by atoms with Gasteiger partial charge in [0.25, 0.3) is 0 Å². The van der Waals surface area contributed by atoms with Gasteiger partial charge >= 0.3 is 0 Å². The van der Waals surface area contributed by atoms with Crippen LogP contribution in [-0.2, 0) is 4.74 Å². The smallest absolute Gasteiger partial charge is 0.114 e. The fourth-order valence-electron chi connectivity index (χ4n) is 6.73. The van der Waals surface area contributed by atoms with Gasteiger partial charge in [-0.1, -0.05) is 64.5 Å². The summed E-state index contributed by atoms with van der Waals surface area (Å²) in [6.45, 7) is 15.3. The van der Waals surface area contributed by atoms with E-state index in [2.05, 4.69) is 44.7 Å². The molecule has 3 rings (SSSR count). The minimum Gasteiger partial charge on any atom is -0.390 e. The minimum absolute atomic E-state index is 0.259. The number of ether oxygens (including phenoxy) is 1. The standard InChI is InChI=1S/C30H48O4/c1-7-18-34-28-26(31)19-23(21(3)27(28)32)13-12-22-11-9-17-30(6)24(14-15-25(22)30)20(2)10-8-16-29(4,5)33/h9,11-13,20,24-28,31-33H,3,7-8,10,14-19H2,1-2,4-6H3/b22-12+,23-13-/t20-,24-,25+,26-,27-,28+,30-/m1/s1. The van der Waals surface area contributed by atoms with E-state index in [4.69, 9.17) is 4.74 Å². The zero-order valence-electron chi connectivity index (χ0n) is 22.1. The normalized spacial score (nSPS) is 37.4. The average Bonchev–Trinajstić information content (AvgIpc) is 3.12. The van der Waals surface area contributed by atoms with E-state index in [1.807, 2.05) is 20.8 Å². The Morgan fingerprint density at radius 2 is 2.00 bits per heavy atom. The van der Waals surface area contributed by atoms with Gasteiger partial charge < -0.3 is 20.1 Å². The highest BCUT2D eigenvalue weighted by atomic mass is 16.5. The maximum atomic E-state index is 10.7. The van der Waals surface area contributed by atoms with E-state index in [-0.39, 0.29) is 5.41 Å². The third kappa shape index (κ3) is 6.13. The molecule has 3 aliphatic carbocycles. The van der Waals surface area contributed by atoms with E-state index in [0.717, 1.165) is 31.3 Å². The van der Waals surface area contributed by atoms with Gasteiger partial charge in [0.2, 0.25) is 0 Å². The molecule has 0 aromatic carbocycles. The van der Waals surface area contributed by atoms with Crippen LogP contribution in [0.25, 0.3) is 0 Å². The highest BCUT2D eigenvalue weighted by Crippen LogP contribution is 2.58. The quantitative estimate of drug-likeness (QED) is 0.392. The van der Waals surface area contributed by atoms with Gasteiger partial charge in [0.1, 0.15) is 12.2 Å². The molecule has 0 heterocycles. The largest absolute Gasteiger partial charge is 0.390 e. The predicted octanol–water partition coefficient (Wildman–Crippen LogP) is 5.89. The molecule has 3 aliphatic rings. The van der Waals surface area contributed by atoms with Crippen LogP contribution in [0.4, 0.5) is 0 Å². The van der Waals surface area contributed by atoms with E-state index < -0.39 is 23.9 Å². The fraction of sp³-hybridized carbons (Fsp3) is 0.733. The van der Waals surface area contributed by atoms with Crippen LogP contribution in [0.1, 0.15) is 86.0 Å². The van der Waals surface area contributed by atoms with Crippen molar-refractivity contribution in [1.29, 1.82) is 0 Å². The lowest BCUT2D eigenvalue weighted by Gasteiger charge is -2.42. The molecule has 3 N–H and O–H groups in total. The first-order valence-corrected chi connectivity index (χ1v) is 13.4. The van der Waals surface area contributed by atoms with Crippen LogP contribution in [-0.4, -0.2) is 45.8 Å². The van der Waals surface area contributed by atoms with Crippen molar-refractivity contribution in [2.75, 3.05) is 6.61 Å². The zero-order chi connectivity index (χ0) is 25.1. The number of hydrogen-bond acceptors (Lipinski definition) is 4. The molecule has 0 saturated heterocycles. The third-order valence-electron chi connectivity index (χ3n) is 8.70. The van der Waals surface area contributed by atoms with Gasteiger partial charge in [-0.05, 0) is 85.8 Å². The summed E-state index contributed by atoms with van der Waals surface area (Å²) >= 11 is 0. The number of allylic oxidation sites excluding steroid dienone is 5. The van der Waals surface area contributed by atoms with Crippen molar-refractivity contribution in [3.05, 3.63) is 47.6 Å². The van der Waals surface area contributed by atoms with E-state index in [0.29, 0.717) is 36.4 Å². The maximum Gasteiger partial charge on any atom is 0.114 e. The van der Waals surface area contributed by atoms with Crippen molar-refractivity contribution in [3.63, 3.8) is 0 Å². The Morgan fingerprint density at radius 1 is 1.26 bits per heavy atom. The molecule has 2 saturated carbocycles. The first kappa shape index (κ1) is 27.4. The summed E-state index contributed by atoms with van der Waals surface area (Å²) in [4.78, 5) is 0. The Hall–Kier alpha value is -1.20. The van der Waals surface area contributed by atoms with Crippen molar-refractivity contribution < 1.29 is 20.1 Å². The average molecular weight is 473 g/mol. The van der Waals surface area contributed by atoms with Crippen LogP contribution in [0.2, 0.25) is 0 Å². The van der Waals surface area contributed by atoms with Crippen LogP contribution in [0.5, 0.6) is 0 Å². The highest BCUT2D eigenvalue weighted by Gasteiger charge is 2.49. The van der Waals surface area contributed by atoms with Crippen LogP contribution in [0, 0.1) is 23.2 Å². The lowest BCUT2D eigenvalue weighted by atomic mass is 9.62. The molecule has 34 heavy (non-hydrogen) atoms. The lowest BCUT2D eigenvalue weighted by molar-refractivity contribution is -0.0947. The molecule has 0 amide bonds. The summed E-state index contributed by atoms with van der Waals surface area (Å²) in [5.41, 5.74) is 2.61. The van der Waals surface area contributed by atoms with Gasteiger partial charge in [-0.25, -0.2) is 0 Å². The molecular weight excluding hydrogens is 424 g/mol. The van der Waals surface area contributed by atoms with Crippen LogP contribution >= 0.6 is 0 Å². The summed E-state index contributed by atoms with van der Waals surface area (Å²) in [6, 6.07) is 0. The summed E-state index contributed by atoms with van der Waals surface area (Å²) in [7, 11) is 0. The van der Waals surface area contributed by atoms with Gasteiger partial charge in [0, 0.05) is 13.0 Å². The molecule has 0 bridgehead atoms. The van der Waals surface area contributed by atoms with E-state index >= 15 is 0 Å². The molecule has 4 nitrogen and oxygen atoms in total. The molecular formula is C30H48O4.